The van der Waals surface area contributed by atoms with E-state index in [9.17, 15) is 0 Å². The first-order valence-electron chi connectivity index (χ1n) is 6.68. The van der Waals surface area contributed by atoms with Gasteiger partial charge in [-0.1, -0.05) is 17.6 Å². The van der Waals surface area contributed by atoms with Crippen molar-refractivity contribution in [2.75, 3.05) is 0 Å². The SMILES string of the molecule is C#CC1=CC=C2NC(C=C3CCC3)CCC2C1. The summed E-state index contributed by atoms with van der Waals surface area (Å²) in [6.45, 7) is 0. The van der Waals surface area contributed by atoms with Gasteiger partial charge in [-0.2, -0.15) is 0 Å². The van der Waals surface area contributed by atoms with E-state index in [1.54, 1.807) is 5.57 Å². The zero-order chi connectivity index (χ0) is 11.7. The molecule has 2 aliphatic carbocycles. The predicted molar refractivity (Wildman–Crippen MR) is 71.2 cm³/mol. The maximum Gasteiger partial charge on any atom is 0.0444 e. The minimum Gasteiger partial charge on any atom is -0.382 e. The van der Waals surface area contributed by atoms with Crippen molar-refractivity contribution in [1.29, 1.82) is 0 Å². The zero-order valence-corrected chi connectivity index (χ0v) is 10.2. The highest BCUT2D eigenvalue weighted by Crippen LogP contribution is 2.33. The molecule has 2 fully saturated rings. The Bertz CT molecular complexity index is 439. The minimum absolute atomic E-state index is 0.564. The summed E-state index contributed by atoms with van der Waals surface area (Å²) in [5.74, 6) is 3.42. The van der Waals surface area contributed by atoms with Gasteiger partial charge in [-0.25, -0.2) is 0 Å². The van der Waals surface area contributed by atoms with Crippen LogP contribution in [-0.2, 0) is 0 Å². The smallest absolute Gasteiger partial charge is 0.0444 e. The summed E-state index contributed by atoms with van der Waals surface area (Å²) in [4.78, 5) is 0. The van der Waals surface area contributed by atoms with Crippen LogP contribution in [0.1, 0.15) is 38.5 Å². The standard InChI is InChI=1S/C16H19N/c1-2-12-6-9-16-14(10-12)7-8-15(17-16)11-13-4-3-5-13/h1,6,9,11,14-15,17H,3-5,7-8,10H2. The number of rotatable bonds is 1. The zero-order valence-electron chi connectivity index (χ0n) is 10.2. The quantitative estimate of drug-likeness (QED) is 0.533. The highest BCUT2D eigenvalue weighted by atomic mass is 14.9. The minimum atomic E-state index is 0.564. The van der Waals surface area contributed by atoms with E-state index in [0.29, 0.717) is 12.0 Å². The first-order chi connectivity index (χ1) is 8.35. The van der Waals surface area contributed by atoms with E-state index in [4.69, 9.17) is 6.42 Å². The molecule has 1 heteroatoms. The summed E-state index contributed by atoms with van der Waals surface area (Å²) >= 11 is 0. The third-order valence-electron chi connectivity index (χ3n) is 4.17. The Hall–Kier alpha value is -1.42. The summed E-state index contributed by atoms with van der Waals surface area (Å²) in [5, 5.41) is 3.67. The highest BCUT2D eigenvalue weighted by molar-refractivity contribution is 5.37. The fraction of sp³-hybridized carbons (Fsp3) is 0.500. The van der Waals surface area contributed by atoms with Gasteiger partial charge < -0.3 is 5.32 Å². The van der Waals surface area contributed by atoms with Crippen LogP contribution in [0.15, 0.2) is 35.1 Å². The third kappa shape index (κ3) is 2.17. The van der Waals surface area contributed by atoms with Gasteiger partial charge in [-0.05, 0) is 50.7 Å². The van der Waals surface area contributed by atoms with E-state index < -0.39 is 0 Å². The van der Waals surface area contributed by atoms with Crippen molar-refractivity contribution < 1.29 is 0 Å². The lowest BCUT2D eigenvalue weighted by atomic mass is 9.82. The number of terminal acetylenes is 1. The molecule has 0 radical (unpaired) electrons. The van der Waals surface area contributed by atoms with Crippen molar-refractivity contribution >= 4 is 0 Å². The Morgan fingerprint density at radius 3 is 2.88 bits per heavy atom. The molecule has 17 heavy (non-hydrogen) atoms. The van der Waals surface area contributed by atoms with Crippen LogP contribution >= 0.6 is 0 Å². The van der Waals surface area contributed by atoms with Crippen LogP contribution < -0.4 is 5.32 Å². The topological polar surface area (TPSA) is 12.0 Å². The van der Waals surface area contributed by atoms with E-state index in [1.807, 2.05) is 0 Å². The van der Waals surface area contributed by atoms with E-state index in [0.717, 1.165) is 12.0 Å². The molecule has 0 aromatic rings. The average Bonchev–Trinajstić information content (AvgIpc) is 2.33. The molecule has 0 amide bonds. The predicted octanol–water partition coefficient (Wildman–Crippen LogP) is 3.31. The molecular weight excluding hydrogens is 206 g/mol. The maximum atomic E-state index is 5.47. The van der Waals surface area contributed by atoms with E-state index >= 15 is 0 Å². The van der Waals surface area contributed by atoms with Gasteiger partial charge in [0.25, 0.3) is 0 Å². The molecule has 1 aliphatic heterocycles. The molecule has 0 aromatic heterocycles. The van der Waals surface area contributed by atoms with Gasteiger partial charge in [0.2, 0.25) is 0 Å². The Balaban J connectivity index is 1.70. The molecule has 0 aromatic carbocycles. The Labute approximate surface area is 104 Å². The monoisotopic (exact) mass is 225 g/mol. The second-order valence-electron chi connectivity index (χ2n) is 5.37. The number of allylic oxidation sites excluding steroid dienone is 5. The molecule has 2 unspecified atom stereocenters. The summed E-state index contributed by atoms with van der Waals surface area (Å²) in [5.41, 5.74) is 4.20. The largest absolute Gasteiger partial charge is 0.382 e. The Kier molecular flexibility index (Phi) is 2.81. The molecular formula is C16H19N. The normalized spacial score (nSPS) is 31.1. The Morgan fingerprint density at radius 2 is 2.18 bits per heavy atom. The number of hydrogen-bond donors (Lipinski definition) is 1. The van der Waals surface area contributed by atoms with Crippen molar-refractivity contribution in [3.05, 3.63) is 35.1 Å². The van der Waals surface area contributed by atoms with Crippen molar-refractivity contribution in [2.45, 2.75) is 44.6 Å². The van der Waals surface area contributed by atoms with Gasteiger partial charge in [-0.15, -0.1) is 6.42 Å². The molecule has 1 nitrogen and oxygen atoms in total. The van der Waals surface area contributed by atoms with E-state index in [2.05, 4.69) is 29.5 Å². The molecule has 3 aliphatic rings. The van der Waals surface area contributed by atoms with Crippen LogP contribution in [0.3, 0.4) is 0 Å². The molecule has 1 saturated carbocycles. The molecule has 2 atom stereocenters. The summed E-state index contributed by atoms with van der Waals surface area (Å²) in [6, 6.07) is 0.564. The van der Waals surface area contributed by atoms with Crippen molar-refractivity contribution in [3.63, 3.8) is 0 Å². The second kappa shape index (κ2) is 4.45. The first-order valence-corrected chi connectivity index (χ1v) is 6.68. The van der Waals surface area contributed by atoms with E-state index in [-0.39, 0.29) is 0 Å². The molecule has 1 heterocycles. The number of piperidine rings is 1. The van der Waals surface area contributed by atoms with Gasteiger partial charge in [0.05, 0.1) is 0 Å². The van der Waals surface area contributed by atoms with E-state index in [1.165, 1.54) is 37.8 Å². The molecule has 1 saturated heterocycles. The van der Waals surface area contributed by atoms with Gasteiger partial charge in [0.1, 0.15) is 0 Å². The first kappa shape index (κ1) is 10.7. The number of nitrogens with one attached hydrogen (secondary N) is 1. The summed E-state index contributed by atoms with van der Waals surface area (Å²) in [7, 11) is 0. The lowest BCUT2D eigenvalue weighted by Gasteiger charge is -2.34. The second-order valence-corrected chi connectivity index (χ2v) is 5.37. The lowest BCUT2D eigenvalue weighted by Crippen LogP contribution is -2.37. The summed E-state index contributed by atoms with van der Waals surface area (Å²) < 4.78 is 0. The Morgan fingerprint density at radius 1 is 1.29 bits per heavy atom. The van der Waals surface area contributed by atoms with Crippen LogP contribution in [0, 0.1) is 18.3 Å². The molecule has 3 rings (SSSR count). The summed E-state index contributed by atoms with van der Waals surface area (Å²) in [6.07, 6.45) is 19.8. The fourth-order valence-corrected chi connectivity index (χ4v) is 2.92. The van der Waals surface area contributed by atoms with Gasteiger partial charge >= 0.3 is 0 Å². The van der Waals surface area contributed by atoms with Crippen molar-refractivity contribution in [3.8, 4) is 12.3 Å². The fourth-order valence-electron chi connectivity index (χ4n) is 2.92. The molecule has 0 bridgehead atoms. The van der Waals surface area contributed by atoms with Crippen molar-refractivity contribution in [1.82, 2.24) is 5.32 Å². The van der Waals surface area contributed by atoms with Crippen LogP contribution in [-0.4, -0.2) is 6.04 Å². The lowest BCUT2D eigenvalue weighted by molar-refractivity contribution is 0.395. The van der Waals surface area contributed by atoms with Crippen LogP contribution in [0.5, 0.6) is 0 Å². The van der Waals surface area contributed by atoms with Gasteiger partial charge in [0, 0.05) is 23.2 Å². The highest BCUT2D eigenvalue weighted by Gasteiger charge is 2.26. The number of hydrogen-bond acceptors (Lipinski definition) is 1. The van der Waals surface area contributed by atoms with Crippen LogP contribution in [0.4, 0.5) is 0 Å². The molecule has 88 valence electrons. The van der Waals surface area contributed by atoms with Gasteiger partial charge in [-0.3, -0.25) is 0 Å². The van der Waals surface area contributed by atoms with Gasteiger partial charge in [0.15, 0.2) is 0 Å². The van der Waals surface area contributed by atoms with Crippen molar-refractivity contribution in [2.24, 2.45) is 5.92 Å². The maximum absolute atomic E-state index is 5.47. The van der Waals surface area contributed by atoms with Crippen LogP contribution in [0.25, 0.3) is 0 Å². The molecule has 1 N–H and O–H groups in total. The van der Waals surface area contributed by atoms with Crippen LogP contribution in [0.2, 0.25) is 0 Å². The molecule has 0 spiro atoms. The third-order valence-corrected chi connectivity index (χ3v) is 4.17. The average molecular weight is 225 g/mol. The number of fused-ring (bicyclic) bond motifs is 1.